The van der Waals surface area contributed by atoms with E-state index in [9.17, 15) is 9.59 Å². The number of carbonyl (C=O) groups excluding carboxylic acids is 2. The van der Waals surface area contributed by atoms with Crippen molar-refractivity contribution in [3.8, 4) is 0 Å². The van der Waals surface area contributed by atoms with Gasteiger partial charge in [-0.15, -0.1) is 0 Å². The molecule has 0 aromatic carbocycles. The minimum atomic E-state index is -0.590. The standard InChI is InChI=1S/C14H26N2O3/c1-10(2)11(12(17)19-14(3,4)5)15-13(18)16-8-6-7-9-16/h10-11H,6-9H2,1-5H3,(H,15,18)/t11-/m1/s1. The lowest BCUT2D eigenvalue weighted by Gasteiger charge is -2.28. The molecule has 1 fully saturated rings. The van der Waals surface area contributed by atoms with E-state index in [4.69, 9.17) is 4.74 Å². The summed E-state index contributed by atoms with van der Waals surface area (Å²) in [5.41, 5.74) is -0.539. The summed E-state index contributed by atoms with van der Waals surface area (Å²) in [4.78, 5) is 25.9. The summed E-state index contributed by atoms with van der Waals surface area (Å²) < 4.78 is 5.35. The molecule has 5 nitrogen and oxygen atoms in total. The zero-order chi connectivity index (χ0) is 14.6. The molecule has 1 atom stereocenters. The second-order valence-corrected chi connectivity index (χ2v) is 6.40. The van der Waals surface area contributed by atoms with Crippen LogP contribution in [-0.4, -0.2) is 41.6 Å². The van der Waals surface area contributed by atoms with Crippen LogP contribution in [0, 0.1) is 5.92 Å². The maximum absolute atomic E-state index is 12.1. The third-order valence-electron chi connectivity index (χ3n) is 3.00. The van der Waals surface area contributed by atoms with Crippen LogP contribution >= 0.6 is 0 Å². The van der Waals surface area contributed by atoms with Crippen molar-refractivity contribution in [3.05, 3.63) is 0 Å². The lowest BCUT2D eigenvalue weighted by molar-refractivity contribution is -0.158. The van der Waals surface area contributed by atoms with Gasteiger partial charge in [-0.3, -0.25) is 0 Å². The zero-order valence-corrected chi connectivity index (χ0v) is 12.7. The van der Waals surface area contributed by atoms with E-state index in [2.05, 4.69) is 5.32 Å². The Labute approximate surface area is 115 Å². The molecule has 1 rings (SSSR count). The predicted octanol–water partition coefficient (Wildman–Crippen LogP) is 2.16. The second kappa shape index (κ2) is 6.26. The Balaban J connectivity index is 2.62. The first kappa shape index (κ1) is 15.8. The van der Waals surface area contributed by atoms with Gasteiger partial charge in [0.2, 0.25) is 0 Å². The molecular weight excluding hydrogens is 244 g/mol. The number of amides is 2. The predicted molar refractivity (Wildman–Crippen MR) is 73.8 cm³/mol. The fourth-order valence-corrected chi connectivity index (χ4v) is 2.01. The quantitative estimate of drug-likeness (QED) is 0.799. The lowest BCUT2D eigenvalue weighted by atomic mass is 10.0. The molecule has 0 aromatic heterocycles. The first-order chi connectivity index (χ1) is 8.70. The van der Waals surface area contributed by atoms with E-state index in [1.54, 1.807) is 4.90 Å². The summed E-state index contributed by atoms with van der Waals surface area (Å²) in [7, 11) is 0. The van der Waals surface area contributed by atoms with Crippen molar-refractivity contribution in [2.24, 2.45) is 5.92 Å². The Morgan fingerprint density at radius 3 is 2.11 bits per heavy atom. The molecule has 1 saturated heterocycles. The first-order valence-corrected chi connectivity index (χ1v) is 6.99. The van der Waals surface area contributed by atoms with Gasteiger partial charge in [0, 0.05) is 13.1 Å². The van der Waals surface area contributed by atoms with Crippen LogP contribution in [0.15, 0.2) is 0 Å². The molecule has 1 N–H and O–H groups in total. The molecule has 1 aliphatic rings. The molecule has 19 heavy (non-hydrogen) atoms. The summed E-state index contributed by atoms with van der Waals surface area (Å²) in [6.45, 7) is 10.8. The summed E-state index contributed by atoms with van der Waals surface area (Å²) >= 11 is 0. The Kier molecular flexibility index (Phi) is 5.20. The summed E-state index contributed by atoms with van der Waals surface area (Å²) in [6.07, 6.45) is 2.07. The number of carbonyl (C=O) groups is 2. The van der Waals surface area contributed by atoms with Crippen molar-refractivity contribution in [1.82, 2.24) is 10.2 Å². The number of ether oxygens (including phenoxy) is 1. The summed E-state index contributed by atoms with van der Waals surface area (Å²) in [5.74, 6) is -0.364. The fourth-order valence-electron chi connectivity index (χ4n) is 2.01. The minimum absolute atomic E-state index is 0.00130. The maximum atomic E-state index is 12.1. The number of hydrogen-bond donors (Lipinski definition) is 1. The lowest BCUT2D eigenvalue weighted by Crippen LogP contribution is -2.51. The van der Waals surface area contributed by atoms with Gasteiger partial charge in [-0.25, -0.2) is 9.59 Å². The number of hydrogen-bond acceptors (Lipinski definition) is 3. The van der Waals surface area contributed by atoms with Gasteiger partial charge in [-0.05, 0) is 39.5 Å². The van der Waals surface area contributed by atoms with Crippen molar-refractivity contribution in [2.45, 2.75) is 59.1 Å². The van der Waals surface area contributed by atoms with Crippen molar-refractivity contribution >= 4 is 12.0 Å². The monoisotopic (exact) mass is 270 g/mol. The van der Waals surface area contributed by atoms with Crippen molar-refractivity contribution in [1.29, 1.82) is 0 Å². The highest BCUT2D eigenvalue weighted by Crippen LogP contribution is 2.14. The molecule has 1 heterocycles. The van der Waals surface area contributed by atoms with Crippen LogP contribution in [0.4, 0.5) is 4.79 Å². The molecule has 0 aromatic rings. The average Bonchev–Trinajstić information content (AvgIpc) is 2.75. The highest BCUT2D eigenvalue weighted by molar-refractivity contribution is 5.84. The van der Waals surface area contributed by atoms with Crippen molar-refractivity contribution in [3.63, 3.8) is 0 Å². The van der Waals surface area contributed by atoms with Gasteiger partial charge in [0.15, 0.2) is 0 Å². The summed E-state index contributed by atoms with van der Waals surface area (Å²) in [5, 5.41) is 2.79. The highest BCUT2D eigenvalue weighted by atomic mass is 16.6. The fraction of sp³-hybridized carbons (Fsp3) is 0.857. The molecule has 0 spiro atoms. The molecule has 0 aliphatic carbocycles. The van der Waals surface area contributed by atoms with E-state index in [1.807, 2.05) is 34.6 Å². The van der Waals surface area contributed by atoms with Crippen molar-refractivity contribution < 1.29 is 14.3 Å². The topological polar surface area (TPSA) is 58.6 Å². The zero-order valence-electron chi connectivity index (χ0n) is 12.7. The summed E-state index contributed by atoms with van der Waals surface area (Å²) in [6, 6.07) is -0.755. The number of urea groups is 1. The highest BCUT2D eigenvalue weighted by Gasteiger charge is 2.31. The third kappa shape index (κ3) is 5.09. The van der Waals surface area contributed by atoms with E-state index in [1.165, 1.54) is 0 Å². The van der Waals surface area contributed by atoms with Gasteiger partial charge in [0.1, 0.15) is 11.6 Å². The molecule has 110 valence electrons. The molecule has 5 heteroatoms. The molecule has 0 saturated carbocycles. The van der Waals surface area contributed by atoms with Crippen LogP contribution in [0.1, 0.15) is 47.5 Å². The largest absolute Gasteiger partial charge is 0.458 e. The molecule has 2 amide bonds. The van der Waals surface area contributed by atoms with E-state index >= 15 is 0 Å². The number of likely N-dealkylation sites (tertiary alicyclic amines) is 1. The molecule has 0 bridgehead atoms. The van der Waals surface area contributed by atoms with Crippen molar-refractivity contribution in [2.75, 3.05) is 13.1 Å². The molecular formula is C14H26N2O3. The van der Waals surface area contributed by atoms with Crippen LogP contribution in [-0.2, 0) is 9.53 Å². The van der Waals surface area contributed by atoms with Crippen LogP contribution in [0.25, 0.3) is 0 Å². The number of esters is 1. The molecule has 1 aliphatic heterocycles. The van der Waals surface area contributed by atoms with Gasteiger partial charge < -0.3 is 15.0 Å². The van der Waals surface area contributed by atoms with Crippen LogP contribution in [0.3, 0.4) is 0 Å². The van der Waals surface area contributed by atoms with E-state index in [0.717, 1.165) is 25.9 Å². The van der Waals surface area contributed by atoms with Gasteiger partial charge >= 0.3 is 12.0 Å². The smallest absolute Gasteiger partial charge is 0.329 e. The molecule has 0 unspecified atom stereocenters. The Bertz CT molecular complexity index is 328. The average molecular weight is 270 g/mol. The van der Waals surface area contributed by atoms with Crippen LogP contribution < -0.4 is 5.32 Å². The van der Waals surface area contributed by atoms with Gasteiger partial charge in [-0.2, -0.15) is 0 Å². The first-order valence-electron chi connectivity index (χ1n) is 6.99. The minimum Gasteiger partial charge on any atom is -0.458 e. The van der Waals surface area contributed by atoms with Crippen LogP contribution in [0.2, 0.25) is 0 Å². The Hall–Kier alpha value is -1.26. The molecule has 0 radical (unpaired) electrons. The second-order valence-electron chi connectivity index (χ2n) is 6.40. The van der Waals surface area contributed by atoms with E-state index < -0.39 is 11.6 Å². The van der Waals surface area contributed by atoms with Gasteiger partial charge in [-0.1, -0.05) is 13.8 Å². The number of nitrogens with zero attached hydrogens (tertiary/aromatic N) is 1. The van der Waals surface area contributed by atoms with Gasteiger partial charge in [0.25, 0.3) is 0 Å². The normalized spacial score (nSPS) is 17.5. The Morgan fingerprint density at radius 2 is 1.68 bits per heavy atom. The Morgan fingerprint density at radius 1 is 1.16 bits per heavy atom. The van der Waals surface area contributed by atoms with Gasteiger partial charge in [0.05, 0.1) is 0 Å². The maximum Gasteiger partial charge on any atom is 0.329 e. The van der Waals surface area contributed by atoms with E-state index in [-0.39, 0.29) is 17.9 Å². The SMILES string of the molecule is CC(C)[C@@H](NC(=O)N1CCCC1)C(=O)OC(C)(C)C. The van der Waals surface area contributed by atoms with E-state index in [0.29, 0.717) is 0 Å². The number of rotatable bonds is 3. The number of nitrogens with one attached hydrogen (secondary N) is 1. The third-order valence-corrected chi connectivity index (χ3v) is 3.00. The van der Waals surface area contributed by atoms with Crippen LogP contribution in [0.5, 0.6) is 0 Å².